The number of aliphatic hydroxyl groups is 1. The van der Waals surface area contributed by atoms with Crippen LogP contribution in [-0.2, 0) is 10.0 Å². The Morgan fingerprint density at radius 1 is 1.30 bits per heavy atom. The first-order valence-electron chi connectivity index (χ1n) is 6.71. The lowest BCUT2D eigenvalue weighted by atomic mass is 9.98. The summed E-state index contributed by atoms with van der Waals surface area (Å²) in [6, 6.07) is 3.69. The summed E-state index contributed by atoms with van der Waals surface area (Å²) in [5.74, 6) is -0.444. The average Bonchev–Trinajstić information content (AvgIpc) is 2.50. The highest BCUT2D eigenvalue weighted by Gasteiger charge is 2.32. The van der Waals surface area contributed by atoms with Crippen LogP contribution in [-0.4, -0.2) is 36.5 Å². The minimum Gasteiger partial charge on any atom is -0.390 e. The number of halogens is 1. The van der Waals surface area contributed by atoms with Crippen LogP contribution in [0.2, 0.25) is 0 Å². The van der Waals surface area contributed by atoms with Crippen molar-refractivity contribution in [3.05, 3.63) is 29.6 Å². The molecule has 0 saturated carbocycles. The van der Waals surface area contributed by atoms with E-state index in [4.69, 9.17) is 0 Å². The molecule has 1 aliphatic rings. The smallest absolute Gasteiger partial charge is 0.243 e. The van der Waals surface area contributed by atoms with Crippen LogP contribution in [0.25, 0.3) is 0 Å². The first-order chi connectivity index (χ1) is 9.22. The second-order valence-corrected chi connectivity index (χ2v) is 7.57. The Morgan fingerprint density at radius 3 is 2.65 bits per heavy atom. The van der Waals surface area contributed by atoms with Gasteiger partial charge in [0, 0.05) is 13.1 Å². The van der Waals surface area contributed by atoms with Gasteiger partial charge in [-0.05, 0) is 56.9 Å². The van der Waals surface area contributed by atoms with Gasteiger partial charge in [-0.2, -0.15) is 4.31 Å². The van der Waals surface area contributed by atoms with E-state index in [9.17, 15) is 17.9 Å². The molecule has 6 heteroatoms. The van der Waals surface area contributed by atoms with Gasteiger partial charge < -0.3 is 5.11 Å². The standard InChI is InChI=1S/C14H20FNO3S/c1-11-10-12(15)4-5-13(11)20(18,19)16-8-3-6-14(2,17)7-9-16/h4-5,10,17H,3,6-9H2,1-2H3. The highest BCUT2D eigenvalue weighted by Crippen LogP contribution is 2.27. The summed E-state index contributed by atoms with van der Waals surface area (Å²) in [6.07, 6.45) is 1.61. The molecule has 1 unspecified atom stereocenters. The van der Waals surface area contributed by atoms with Gasteiger partial charge in [0.1, 0.15) is 5.82 Å². The van der Waals surface area contributed by atoms with Crippen LogP contribution >= 0.6 is 0 Å². The molecule has 1 aromatic rings. The zero-order valence-electron chi connectivity index (χ0n) is 11.8. The lowest BCUT2D eigenvalue weighted by Gasteiger charge is -2.23. The van der Waals surface area contributed by atoms with Crippen LogP contribution in [0.15, 0.2) is 23.1 Å². The van der Waals surface area contributed by atoms with E-state index >= 15 is 0 Å². The Balaban J connectivity index is 2.30. The Bertz CT molecular complexity index is 598. The predicted octanol–water partition coefficient (Wildman–Crippen LogP) is 2.06. The van der Waals surface area contributed by atoms with Crippen LogP contribution in [0, 0.1) is 12.7 Å². The number of hydrogen-bond acceptors (Lipinski definition) is 3. The van der Waals surface area contributed by atoms with Gasteiger partial charge in [-0.1, -0.05) is 0 Å². The number of nitrogens with zero attached hydrogens (tertiary/aromatic N) is 1. The van der Waals surface area contributed by atoms with Crippen LogP contribution in [0.4, 0.5) is 4.39 Å². The molecule has 1 N–H and O–H groups in total. The molecule has 0 amide bonds. The van der Waals surface area contributed by atoms with Gasteiger partial charge in [0.2, 0.25) is 10.0 Å². The highest BCUT2D eigenvalue weighted by atomic mass is 32.2. The Hall–Kier alpha value is -0.980. The van der Waals surface area contributed by atoms with Crippen molar-refractivity contribution in [2.75, 3.05) is 13.1 Å². The van der Waals surface area contributed by atoms with E-state index in [2.05, 4.69) is 0 Å². The molecule has 1 saturated heterocycles. The van der Waals surface area contributed by atoms with Crippen molar-refractivity contribution < 1.29 is 17.9 Å². The molecular weight excluding hydrogens is 281 g/mol. The molecule has 0 radical (unpaired) electrons. The summed E-state index contributed by atoms with van der Waals surface area (Å²) < 4.78 is 39.7. The number of rotatable bonds is 2. The molecule has 0 aliphatic carbocycles. The van der Waals surface area contributed by atoms with E-state index in [0.717, 1.165) is 6.07 Å². The van der Waals surface area contributed by atoms with Crippen molar-refractivity contribution in [2.45, 2.75) is 43.6 Å². The maximum absolute atomic E-state index is 13.1. The number of hydrogen-bond donors (Lipinski definition) is 1. The van der Waals surface area contributed by atoms with Crippen molar-refractivity contribution in [1.29, 1.82) is 0 Å². The van der Waals surface area contributed by atoms with E-state index in [1.165, 1.54) is 16.4 Å². The maximum Gasteiger partial charge on any atom is 0.243 e. The molecule has 4 nitrogen and oxygen atoms in total. The quantitative estimate of drug-likeness (QED) is 0.909. The van der Waals surface area contributed by atoms with E-state index in [1.807, 2.05) is 0 Å². The van der Waals surface area contributed by atoms with Crippen LogP contribution in [0.3, 0.4) is 0 Å². The minimum absolute atomic E-state index is 0.139. The van der Waals surface area contributed by atoms with Gasteiger partial charge in [-0.3, -0.25) is 0 Å². The number of benzene rings is 1. The Morgan fingerprint density at radius 2 is 2.00 bits per heavy atom. The Kier molecular flexibility index (Phi) is 4.18. The van der Waals surface area contributed by atoms with Crippen molar-refractivity contribution in [2.24, 2.45) is 0 Å². The van der Waals surface area contributed by atoms with E-state index < -0.39 is 21.4 Å². The summed E-state index contributed by atoms with van der Waals surface area (Å²) in [6.45, 7) is 3.98. The van der Waals surface area contributed by atoms with Crippen molar-refractivity contribution in [3.63, 3.8) is 0 Å². The van der Waals surface area contributed by atoms with E-state index in [-0.39, 0.29) is 11.4 Å². The third kappa shape index (κ3) is 3.19. The summed E-state index contributed by atoms with van der Waals surface area (Å²) in [4.78, 5) is 0.139. The molecule has 0 spiro atoms. The largest absolute Gasteiger partial charge is 0.390 e. The molecule has 0 bridgehead atoms. The lowest BCUT2D eigenvalue weighted by Crippen LogP contribution is -2.34. The summed E-state index contributed by atoms with van der Waals surface area (Å²) in [7, 11) is -3.63. The summed E-state index contributed by atoms with van der Waals surface area (Å²) in [5.41, 5.74) is -0.414. The lowest BCUT2D eigenvalue weighted by molar-refractivity contribution is 0.0465. The van der Waals surface area contributed by atoms with E-state index in [1.54, 1.807) is 13.8 Å². The zero-order chi connectivity index (χ0) is 15.0. The van der Waals surface area contributed by atoms with Gasteiger partial charge in [-0.15, -0.1) is 0 Å². The monoisotopic (exact) mass is 301 g/mol. The molecule has 1 heterocycles. The van der Waals surface area contributed by atoms with Gasteiger partial charge in [0.15, 0.2) is 0 Å². The summed E-state index contributed by atoms with van der Waals surface area (Å²) >= 11 is 0. The van der Waals surface area contributed by atoms with Gasteiger partial charge in [-0.25, -0.2) is 12.8 Å². The fourth-order valence-corrected chi connectivity index (χ4v) is 4.21. The molecular formula is C14H20FNO3S. The average molecular weight is 301 g/mol. The number of sulfonamides is 1. The third-order valence-corrected chi connectivity index (χ3v) is 5.84. The number of aryl methyl sites for hydroxylation is 1. The molecule has 0 aromatic heterocycles. The molecule has 1 aliphatic heterocycles. The Labute approximate surface area is 119 Å². The predicted molar refractivity (Wildman–Crippen MR) is 74.4 cm³/mol. The fraction of sp³-hybridized carbons (Fsp3) is 0.571. The van der Waals surface area contributed by atoms with Gasteiger partial charge in [0.25, 0.3) is 0 Å². The van der Waals surface area contributed by atoms with Crippen LogP contribution in [0.1, 0.15) is 31.7 Å². The maximum atomic E-state index is 13.1. The van der Waals surface area contributed by atoms with Gasteiger partial charge in [0.05, 0.1) is 10.5 Å². The second-order valence-electron chi connectivity index (χ2n) is 5.66. The van der Waals surface area contributed by atoms with E-state index in [0.29, 0.717) is 31.4 Å². The molecule has 2 rings (SSSR count). The molecule has 1 fully saturated rings. The topological polar surface area (TPSA) is 57.6 Å². The summed E-state index contributed by atoms with van der Waals surface area (Å²) in [5, 5.41) is 10.0. The zero-order valence-corrected chi connectivity index (χ0v) is 12.6. The fourth-order valence-electron chi connectivity index (χ4n) is 2.52. The molecule has 112 valence electrons. The minimum atomic E-state index is -3.63. The third-order valence-electron chi connectivity index (χ3n) is 3.78. The molecule has 1 atom stereocenters. The highest BCUT2D eigenvalue weighted by molar-refractivity contribution is 7.89. The van der Waals surface area contributed by atoms with Crippen molar-refractivity contribution >= 4 is 10.0 Å². The SMILES string of the molecule is Cc1cc(F)ccc1S(=O)(=O)N1CCCC(C)(O)CC1. The molecule has 1 aromatic carbocycles. The first kappa shape index (κ1) is 15.4. The van der Waals surface area contributed by atoms with Gasteiger partial charge >= 0.3 is 0 Å². The van der Waals surface area contributed by atoms with Crippen molar-refractivity contribution in [3.8, 4) is 0 Å². The van der Waals surface area contributed by atoms with Crippen molar-refractivity contribution in [1.82, 2.24) is 4.31 Å². The van der Waals surface area contributed by atoms with Crippen LogP contribution < -0.4 is 0 Å². The molecule has 20 heavy (non-hydrogen) atoms. The second kappa shape index (κ2) is 5.42. The van der Waals surface area contributed by atoms with Crippen LogP contribution in [0.5, 0.6) is 0 Å². The first-order valence-corrected chi connectivity index (χ1v) is 8.15. The normalized spacial score (nSPS) is 25.4.